The predicted molar refractivity (Wildman–Crippen MR) is 75.2 cm³/mol. The number of amides is 1. The van der Waals surface area contributed by atoms with Crippen molar-refractivity contribution in [3.05, 3.63) is 11.6 Å². The molecule has 0 aromatic rings. The molecule has 0 saturated carbocycles. The molecule has 0 aliphatic heterocycles. The average Bonchev–Trinajstić information content (AvgIpc) is 2.37. The van der Waals surface area contributed by atoms with E-state index in [9.17, 15) is 4.79 Å². The Morgan fingerprint density at radius 1 is 1.59 bits per heavy atom. The smallest absolute Gasteiger partial charge is 0.236 e. The summed E-state index contributed by atoms with van der Waals surface area (Å²) in [4.78, 5) is 11.6. The maximum atomic E-state index is 11.6. The summed E-state index contributed by atoms with van der Waals surface area (Å²) < 4.78 is 0. The van der Waals surface area contributed by atoms with E-state index < -0.39 is 0 Å². The second-order valence-electron chi connectivity index (χ2n) is 4.54. The third kappa shape index (κ3) is 6.13. The first-order valence-electron chi connectivity index (χ1n) is 6.44. The second kappa shape index (κ2) is 8.59. The van der Waals surface area contributed by atoms with Gasteiger partial charge < -0.3 is 11.1 Å². The van der Waals surface area contributed by atoms with Gasteiger partial charge in [0, 0.05) is 6.54 Å². The molecule has 0 radical (unpaired) electrons. The van der Waals surface area contributed by atoms with E-state index in [1.54, 1.807) is 11.8 Å². The summed E-state index contributed by atoms with van der Waals surface area (Å²) in [5.74, 6) is 0.940. The van der Waals surface area contributed by atoms with Gasteiger partial charge in [0.15, 0.2) is 0 Å². The molecule has 1 amide bonds. The van der Waals surface area contributed by atoms with Gasteiger partial charge in [0.1, 0.15) is 0 Å². The molecule has 98 valence electrons. The third-order valence-corrected chi connectivity index (χ3v) is 3.74. The third-order valence-electron chi connectivity index (χ3n) is 3.10. The molecule has 0 saturated heterocycles. The molecular weight excluding hydrogens is 232 g/mol. The number of hydrogen-bond donors (Lipinski definition) is 2. The van der Waals surface area contributed by atoms with Crippen LogP contribution in [0.3, 0.4) is 0 Å². The van der Waals surface area contributed by atoms with Gasteiger partial charge in [-0.3, -0.25) is 4.79 Å². The monoisotopic (exact) mass is 256 g/mol. The van der Waals surface area contributed by atoms with Crippen LogP contribution in [0.5, 0.6) is 0 Å². The van der Waals surface area contributed by atoms with Crippen molar-refractivity contribution in [1.29, 1.82) is 0 Å². The molecule has 0 spiro atoms. The zero-order chi connectivity index (χ0) is 12.5. The summed E-state index contributed by atoms with van der Waals surface area (Å²) in [6.07, 6.45) is 11.1. The van der Waals surface area contributed by atoms with Gasteiger partial charge in [-0.15, -0.1) is 0 Å². The van der Waals surface area contributed by atoms with Gasteiger partial charge in [-0.05, 0) is 50.5 Å². The summed E-state index contributed by atoms with van der Waals surface area (Å²) in [6.45, 7) is 0.734. The van der Waals surface area contributed by atoms with Crippen molar-refractivity contribution in [2.75, 3.05) is 18.6 Å². The fourth-order valence-electron chi connectivity index (χ4n) is 1.98. The number of carbonyl (C=O) groups is 1. The Labute approximate surface area is 109 Å². The molecule has 0 aromatic carbocycles. The van der Waals surface area contributed by atoms with E-state index in [0.717, 1.165) is 25.1 Å². The lowest BCUT2D eigenvalue weighted by molar-refractivity contribution is -0.122. The van der Waals surface area contributed by atoms with Crippen molar-refractivity contribution in [1.82, 2.24) is 5.32 Å². The van der Waals surface area contributed by atoms with Crippen molar-refractivity contribution in [3.8, 4) is 0 Å². The van der Waals surface area contributed by atoms with Gasteiger partial charge in [-0.2, -0.15) is 11.8 Å². The number of allylic oxidation sites excluding steroid dienone is 1. The zero-order valence-corrected chi connectivity index (χ0v) is 11.5. The van der Waals surface area contributed by atoms with Crippen molar-refractivity contribution in [3.63, 3.8) is 0 Å². The maximum Gasteiger partial charge on any atom is 0.236 e. The summed E-state index contributed by atoms with van der Waals surface area (Å²) in [5.41, 5.74) is 7.28. The summed E-state index contributed by atoms with van der Waals surface area (Å²) in [7, 11) is 0. The van der Waals surface area contributed by atoms with E-state index in [-0.39, 0.29) is 11.9 Å². The zero-order valence-electron chi connectivity index (χ0n) is 10.7. The largest absolute Gasteiger partial charge is 0.354 e. The Morgan fingerprint density at radius 2 is 2.41 bits per heavy atom. The van der Waals surface area contributed by atoms with Gasteiger partial charge >= 0.3 is 0 Å². The highest BCUT2D eigenvalue weighted by Crippen LogP contribution is 2.19. The molecule has 0 unspecified atom stereocenters. The molecule has 1 rings (SSSR count). The number of rotatable bonds is 7. The molecule has 0 aromatic heterocycles. The van der Waals surface area contributed by atoms with E-state index in [1.807, 2.05) is 6.26 Å². The van der Waals surface area contributed by atoms with E-state index in [1.165, 1.54) is 31.3 Å². The maximum absolute atomic E-state index is 11.6. The molecule has 3 nitrogen and oxygen atoms in total. The lowest BCUT2D eigenvalue weighted by Gasteiger charge is -2.14. The van der Waals surface area contributed by atoms with Crippen LogP contribution in [-0.2, 0) is 4.79 Å². The van der Waals surface area contributed by atoms with E-state index >= 15 is 0 Å². The molecule has 3 N–H and O–H groups in total. The fraction of sp³-hybridized carbons (Fsp3) is 0.769. The van der Waals surface area contributed by atoms with E-state index in [0.29, 0.717) is 0 Å². The van der Waals surface area contributed by atoms with Gasteiger partial charge in [0.25, 0.3) is 0 Å². The van der Waals surface area contributed by atoms with Gasteiger partial charge in [0.2, 0.25) is 5.91 Å². The minimum atomic E-state index is -0.345. The van der Waals surface area contributed by atoms with Crippen LogP contribution < -0.4 is 11.1 Å². The molecule has 4 heteroatoms. The minimum Gasteiger partial charge on any atom is -0.354 e. The summed E-state index contributed by atoms with van der Waals surface area (Å²) in [6, 6.07) is -0.345. The standard InChI is InChI=1S/C13H24N2OS/c1-17-10-8-12(14)13(16)15-9-7-11-5-3-2-4-6-11/h5,12H,2-4,6-10,14H2,1H3,(H,15,16)/t12-/m0/s1. The molecule has 0 bridgehead atoms. The number of nitrogens with two attached hydrogens (primary N) is 1. The lowest BCUT2D eigenvalue weighted by atomic mass is 9.97. The Kier molecular flexibility index (Phi) is 7.37. The van der Waals surface area contributed by atoms with Crippen LogP contribution in [0.25, 0.3) is 0 Å². The molecular formula is C13H24N2OS. The molecule has 0 fully saturated rings. The number of hydrogen-bond acceptors (Lipinski definition) is 3. The first-order valence-corrected chi connectivity index (χ1v) is 7.83. The number of thioether (sulfide) groups is 1. The van der Waals surface area contributed by atoms with Crippen molar-refractivity contribution < 1.29 is 4.79 Å². The van der Waals surface area contributed by atoms with Crippen LogP contribution in [0, 0.1) is 0 Å². The predicted octanol–water partition coefficient (Wildman–Crippen LogP) is 2.07. The first kappa shape index (κ1) is 14.6. The molecule has 1 atom stereocenters. The van der Waals surface area contributed by atoms with Gasteiger partial charge in [0.05, 0.1) is 6.04 Å². The average molecular weight is 256 g/mol. The van der Waals surface area contributed by atoms with Crippen molar-refractivity contribution in [2.45, 2.75) is 44.6 Å². The Balaban J connectivity index is 2.12. The first-order chi connectivity index (χ1) is 8.24. The van der Waals surface area contributed by atoms with Gasteiger partial charge in [-0.25, -0.2) is 0 Å². The Hall–Kier alpha value is -0.480. The second-order valence-corrected chi connectivity index (χ2v) is 5.52. The summed E-state index contributed by atoms with van der Waals surface area (Å²) in [5, 5.41) is 2.92. The SMILES string of the molecule is CSCC[C@H](N)C(=O)NCCC1=CCCCC1. The van der Waals surface area contributed by atoms with Crippen LogP contribution in [-0.4, -0.2) is 30.5 Å². The topological polar surface area (TPSA) is 55.1 Å². The van der Waals surface area contributed by atoms with Crippen LogP contribution >= 0.6 is 11.8 Å². The van der Waals surface area contributed by atoms with Crippen LogP contribution in [0.4, 0.5) is 0 Å². The fourth-order valence-corrected chi connectivity index (χ4v) is 2.47. The van der Waals surface area contributed by atoms with Crippen LogP contribution in [0.1, 0.15) is 38.5 Å². The number of nitrogens with one attached hydrogen (secondary N) is 1. The van der Waals surface area contributed by atoms with Crippen molar-refractivity contribution >= 4 is 17.7 Å². The molecule has 17 heavy (non-hydrogen) atoms. The van der Waals surface area contributed by atoms with Crippen molar-refractivity contribution in [2.24, 2.45) is 5.73 Å². The Bertz CT molecular complexity index is 266. The van der Waals surface area contributed by atoms with Crippen LogP contribution in [0.15, 0.2) is 11.6 Å². The minimum absolute atomic E-state index is 0.00420. The highest BCUT2D eigenvalue weighted by atomic mass is 32.2. The molecule has 1 aliphatic rings. The normalized spacial score (nSPS) is 17.4. The Morgan fingerprint density at radius 3 is 3.06 bits per heavy atom. The molecule has 0 heterocycles. The van der Waals surface area contributed by atoms with E-state index in [2.05, 4.69) is 11.4 Å². The number of carbonyl (C=O) groups excluding carboxylic acids is 1. The summed E-state index contributed by atoms with van der Waals surface area (Å²) >= 11 is 1.72. The quantitative estimate of drug-likeness (QED) is 0.686. The highest BCUT2D eigenvalue weighted by molar-refractivity contribution is 7.98. The lowest BCUT2D eigenvalue weighted by Crippen LogP contribution is -2.41. The van der Waals surface area contributed by atoms with Crippen LogP contribution in [0.2, 0.25) is 0 Å². The molecule has 1 aliphatic carbocycles. The van der Waals surface area contributed by atoms with Gasteiger partial charge in [-0.1, -0.05) is 11.6 Å². The highest BCUT2D eigenvalue weighted by Gasteiger charge is 2.12. The van der Waals surface area contributed by atoms with E-state index in [4.69, 9.17) is 5.73 Å².